The van der Waals surface area contributed by atoms with Crippen LogP contribution in [0.2, 0.25) is 0 Å². The predicted octanol–water partition coefficient (Wildman–Crippen LogP) is 1.83. The van der Waals surface area contributed by atoms with Crippen molar-refractivity contribution in [2.24, 2.45) is 0 Å². The number of quaternary nitrogens is 1. The molecule has 2 aromatic carbocycles. The van der Waals surface area contributed by atoms with Crippen LogP contribution in [-0.4, -0.2) is 33.2 Å². The van der Waals surface area contributed by atoms with E-state index in [1.165, 1.54) is 27.2 Å². The largest absolute Gasteiger partial charge is 0.493 e. The average Bonchev–Trinajstić information content (AvgIpc) is 2.67. The van der Waals surface area contributed by atoms with Crippen LogP contribution >= 0.6 is 0 Å². The molecule has 1 aliphatic heterocycles. The molecule has 1 unspecified atom stereocenters. The summed E-state index contributed by atoms with van der Waals surface area (Å²) in [6.07, 6.45) is 0.980. The van der Waals surface area contributed by atoms with Gasteiger partial charge in [-0.15, -0.1) is 0 Å². The molecule has 1 heterocycles. The number of hydrogen-bond acceptors (Lipinski definition) is 3. The quantitative estimate of drug-likeness (QED) is 0.817. The molecule has 0 bridgehead atoms. The summed E-state index contributed by atoms with van der Waals surface area (Å²) in [5.74, 6) is 1.49. The summed E-state index contributed by atoms with van der Waals surface area (Å²) in [4.78, 5) is 13.0. The van der Waals surface area contributed by atoms with E-state index in [9.17, 15) is 4.79 Å². The Balaban J connectivity index is 1.93. The molecule has 2 atom stereocenters. The number of aryl methyl sites for hydroxylation is 1. The first-order chi connectivity index (χ1) is 13.0. The number of rotatable bonds is 6. The maximum absolute atomic E-state index is 11.6. The fourth-order valence-electron chi connectivity index (χ4n) is 3.85. The third kappa shape index (κ3) is 4.42. The highest BCUT2D eigenvalue weighted by molar-refractivity contribution is 5.72. The van der Waals surface area contributed by atoms with Gasteiger partial charge in [-0.05, 0) is 24.6 Å². The molecule has 2 aromatic rings. The molecule has 0 radical (unpaired) electrons. The number of carbonyl (C=O) groups is 1. The summed E-state index contributed by atoms with van der Waals surface area (Å²) < 4.78 is 11.0. The van der Waals surface area contributed by atoms with Crippen LogP contribution in [0, 0.1) is 6.92 Å². The Labute approximate surface area is 161 Å². The van der Waals surface area contributed by atoms with Gasteiger partial charge in [0.15, 0.2) is 11.5 Å². The Kier molecular flexibility index (Phi) is 6.01. The molecular weight excluding hydrogens is 340 g/mol. The minimum atomic E-state index is -0.00251. The van der Waals surface area contributed by atoms with Gasteiger partial charge in [-0.1, -0.05) is 29.8 Å². The van der Waals surface area contributed by atoms with E-state index in [4.69, 9.17) is 9.47 Å². The SMILES string of the molecule is COc1cc2c(cc1OC)[C@@H](CNC(C)=O)[NH+](Cc1ccc(C)cc1)CC2. The number of ether oxygens (including phenoxy) is 2. The van der Waals surface area contributed by atoms with Gasteiger partial charge >= 0.3 is 0 Å². The lowest BCUT2D eigenvalue weighted by Gasteiger charge is -2.35. The van der Waals surface area contributed by atoms with Gasteiger partial charge in [0.1, 0.15) is 12.6 Å². The summed E-state index contributed by atoms with van der Waals surface area (Å²) in [5, 5.41) is 3.02. The first-order valence-electron chi connectivity index (χ1n) is 9.41. The lowest BCUT2D eigenvalue weighted by molar-refractivity contribution is -0.945. The fraction of sp³-hybridized carbons (Fsp3) is 0.409. The van der Waals surface area contributed by atoms with E-state index in [2.05, 4.69) is 48.6 Å². The summed E-state index contributed by atoms with van der Waals surface area (Å²) in [5.41, 5.74) is 5.09. The molecule has 144 valence electrons. The molecule has 5 heteroatoms. The van der Waals surface area contributed by atoms with Gasteiger partial charge in [0.2, 0.25) is 5.91 Å². The standard InChI is InChI=1S/C22H28N2O3/c1-15-5-7-17(8-6-15)14-24-10-9-18-11-21(26-3)22(27-4)12-19(18)20(24)13-23-16(2)25/h5-8,11-12,20H,9-10,13-14H2,1-4H3,(H,23,25)/p+1/t20-/m1/s1. The maximum Gasteiger partial charge on any atom is 0.217 e. The topological polar surface area (TPSA) is 52.0 Å². The van der Waals surface area contributed by atoms with Gasteiger partial charge in [0, 0.05) is 24.5 Å². The molecule has 0 aliphatic carbocycles. The van der Waals surface area contributed by atoms with E-state index < -0.39 is 0 Å². The van der Waals surface area contributed by atoms with Crippen molar-refractivity contribution in [2.75, 3.05) is 27.3 Å². The van der Waals surface area contributed by atoms with Gasteiger partial charge in [-0.25, -0.2) is 0 Å². The first-order valence-corrected chi connectivity index (χ1v) is 9.41. The number of methoxy groups -OCH3 is 2. The number of carbonyl (C=O) groups excluding carboxylic acids is 1. The molecule has 1 amide bonds. The summed E-state index contributed by atoms with van der Waals surface area (Å²) in [7, 11) is 3.32. The number of fused-ring (bicyclic) bond motifs is 1. The van der Waals surface area contributed by atoms with E-state index in [1.54, 1.807) is 21.1 Å². The van der Waals surface area contributed by atoms with Gasteiger partial charge in [0.25, 0.3) is 0 Å². The van der Waals surface area contributed by atoms with E-state index in [0.29, 0.717) is 6.54 Å². The Morgan fingerprint density at radius 3 is 2.44 bits per heavy atom. The molecule has 0 fully saturated rings. The predicted molar refractivity (Wildman–Crippen MR) is 105 cm³/mol. The molecular formula is C22H29N2O3+. The van der Waals surface area contributed by atoms with Crippen molar-refractivity contribution in [3.8, 4) is 11.5 Å². The summed E-state index contributed by atoms with van der Waals surface area (Å²) in [6, 6.07) is 13.0. The second-order valence-corrected chi connectivity index (χ2v) is 7.22. The van der Waals surface area contributed by atoms with Gasteiger partial charge in [0.05, 0.1) is 27.3 Å². The first kappa shape index (κ1) is 19.2. The zero-order valence-electron chi connectivity index (χ0n) is 16.6. The molecule has 0 saturated heterocycles. The Morgan fingerprint density at radius 1 is 1.15 bits per heavy atom. The van der Waals surface area contributed by atoms with Gasteiger partial charge < -0.3 is 19.7 Å². The molecule has 27 heavy (non-hydrogen) atoms. The van der Waals surface area contributed by atoms with Crippen molar-refractivity contribution in [2.45, 2.75) is 32.9 Å². The van der Waals surface area contributed by atoms with Crippen LogP contribution in [0.5, 0.6) is 11.5 Å². The fourth-order valence-corrected chi connectivity index (χ4v) is 3.85. The average molecular weight is 369 g/mol. The van der Waals surface area contributed by atoms with Crippen LogP contribution in [0.1, 0.15) is 35.2 Å². The summed E-state index contributed by atoms with van der Waals surface area (Å²) in [6.45, 7) is 6.23. The van der Waals surface area contributed by atoms with Crippen molar-refractivity contribution in [3.63, 3.8) is 0 Å². The highest BCUT2D eigenvalue weighted by atomic mass is 16.5. The Hall–Kier alpha value is -2.53. The van der Waals surface area contributed by atoms with Gasteiger partial charge in [-0.3, -0.25) is 4.79 Å². The van der Waals surface area contributed by atoms with Gasteiger partial charge in [-0.2, -0.15) is 0 Å². The zero-order valence-corrected chi connectivity index (χ0v) is 16.6. The highest BCUT2D eigenvalue weighted by Crippen LogP contribution is 2.34. The number of benzene rings is 2. The second kappa shape index (κ2) is 8.44. The number of nitrogens with one attached hydrogen (secondary N) is 2. The minimum Gasteiger partial charge on any atom is -0.493 e. The van der Waals surface area contributed by atoms with Crippen molar-refractivity contribution < 1.29 is 19.2 Å². The van der Waals surface area contributed by atoms with Crippen LogP contribution in [0.15, 0.2) is 36.4 Å². The van der Waals surface area contributed by atoms with Crippen LogP contribution in [0.4, 0.5) is 0 Å². The van der Waals surface area contributed by atoms with E-state index in [-0.39, 0.29) is 11.9 Å². The lowest BCUT2D eigenvalue weighted by Crippen LogP contribution is -3.12. The molecule has 5 nitrogen and oxygen atoms in total. The minimum absolute atomic E-state index is 0.00251. The van der Waals surface area contributed by atoms with E-state index in [0.717, 1.165) is 31.0 Å². The molecule has 1 aliphatic rings. The molecule has 3 rings (SSSR count). The van der Waals surface area contributed by atoms with Crippen molar-refractivity contribution in [1.29, 1.82) is 0 Å². The normalized spacial score (nSPS) is 18.5. The highest BCUT2D eigenvalue weighted by Gasteiger charge is 2.32. The summed E-state index contributed by atoms with van der Waals surface area (Å²) >= 11 is 0. The monoisotopic (exact) mass is 369 g/mol. The lowest BCUT2D eigenvalue weighted by atomic mass is 9.91. The van der Waals surface area contributed by atoms with E-state index >= 15 is 0 Å². The van der Waals surface area contributed by atoms with E-state index in [1.807, 2.05) is 0 Å². The molecule has 0 saturated carbocycles. The number of hydrogen-bond donors (Lipinski definition) is 2. The third-order valence-electron chi connectivity index (χ3n) is 5.34. The Morgan fingerprint density at radius 2 is 1.81 bits per heavy atom. The van der Waals surface area contributed by atoms with Crippen LogP contribution in [0.3, 0.4) is 0 Å². The van der Waals surface area contributed by atoms with Crippen LogP contribution in [0.25, 0.3) is 0 Å². The smallest absolute Gasteiger partial charge is 0.217 e. The van der Waals surface area contributed by atoms with Crippen LogP contribution in [-0.2, 0) is 17.8 Å². The molecule has 0 spiro atoms. The van der Waals surface area contributed by atoms with Crippen LogP contribution < -0.4 is 19.7 Å². The second-order valence-electron chi connectivity index (χ2n) is 7.22. The zero-order chi connectivity index (χ0) is 19.4. The number of amides is 1. The maximum atomic E-state index is 11.6. The Bertz CT molecular complexity index is 802. The van der Waals surface area contributed by atoms with Crippen molar-refractivity contribution in [3.05, 3.63) is 58.7 Å². The molecule has 0 aromatic heterocycles. The third-order valence-corrected chi connectivity index (χ3v) is 5.34. The van der Waals surface area contributed by atoms with Crippen molar-refractivity contribution in [1.82, 2.24) is 5.32 Å². The molecule has 2 N–H and O–H groups in total. The van der Waals surface area contributed by atoms with Crippen molar-refractivity contribution >= 4 is 5.91 Å².